The molecule has 3 rings (SSSR count). The monoisotopic (exact) mass is 382 g/mol. The molecule has 0 N–H and O–H groups in total. The minimum absolute atomic E-state index is 0.223. The standard InChI is InChI=1S/C20H15BrO3/c21-16-11-12-18(19(13-16)24-17-9-5-2-6-10-17)20(22)23-14-15-7-3-1-4-8-15/h1-13H,14H2. The molecule has 0 atom stereocenters. The van der Waals surface area contributed by atoms with Crippen LogP contribution in [0.5, 0.6) is 11.5 Å². The van der Waals surface area contributed by atoms with E-state index in [1.54, 1.807) is 18.2 Å². The number of carbonyl (C=O) groups excluding carboxylic acids is 1. The summed E-state index contributed by atoms with van der Waals surface area (Å²) < 4.78 is 12.1. The fourth-order valence-electron chi connectivity index (χ4n) is 2.17. The number of halogens is 1. The van der Waals surface area contributed by atoms with Crippen molar-refractivity contribution in [3.63, 3.8) is 0 Å². The Labute approximate surface area is 149 Å². The zero-order chi connectivity index (χ0) is 16.8. The number of rotatable bonds is 5. The summed E-state index contributed by atoms with van der Waals surface area (Å²) in [6.45, 7) is 0.223. The van der Waals surface area contributed by atoms with Crippen LogP contribution in [-0.2, 0) is 11.3 Å². The second-order valence-corrected chi connectivity index (χ2v) is 6.03. The Bertz CT molecular complexity index is 817. The van der Waals surface area contributed by atoms with Crippen molar-refractivity contribution in [2.75, 3.05) is 0 Å². The second-order valence-electron chi connectivity index (χ2n) is 5.12. The van der Waals surface area contributed by atoms with Crippen molar-refractivity contribution in [2.45, 2.75) is 6.61 Å². The summed E-state index contributed by atoms with van der Waals surface area (Å²) in [6, 6.07) is 24.1. The van der Waals surface area contributed by atoms with Gasteiger partial charge in [0.15, 0.2) is 0 Å². The molecule has 120 valence electrons. The van der Waals surface area contributed by atoms with E-state index in [4.69, 9.17) is 9.47 Å². The van der Waals surface area contributed by atoms with E-state index >= 15 is 0 Å². The number of hydrogen-bond acceptors (Lipinski definition) is 3. The lowest BCUT2D eigenvalue weighted by Gasteiger charge is -2.11. The zero-order valence-corrected chi connectivity index (χ0v) is 14.4. The Hall–Kier alpha value is -2.59. The Morgan fingerprint density at radius 1 is 0.875 bits per heavy atom. The highest BCUT2D eigenvalue weighted by Crippen LogP contribution is 2.29. The van der Waals surface area contributed by atoms with E-state index in [1.165, 1.54) is 0 Å². The minimum Gasteiger partial charge on any atom is -0.457 e. The molecule has 0 saturated heterocycles. The smallest absolute Gasteiger partial charge is 0.342 e. The van der Waals surface area contributed by atoms with Crippen LogP contribution in [0.4, 0.5) is 0 Å². The van der Waals surface area contributed by atoms with Gasteiger partial charge in [-0.15, -0.1) is 0 Å². The van der Waals surface area contributed by atoms with E-state index in [-0.39, 0.29) is 6.61 Å². The molecule has 0 aromatic heterocycles. The maximum atomic E-state index is 12.4. The third-order valence-electron chi connectivity index (χ3n) is 3.35. The average Bonchev–Trinajstić information content (AvgIpc) is 2.62. The van der Waals surface area contributed by atoms with E-state index in [0.29, 0.717) is 17.1 Å². The van der Waals surface area contributed by atoms with Gasteiger partial charge in [0.2, 0.25) is 0 Å². The van der Waals surface area contributed by atoms with Crippen LogP contribution in [-0.4, -0.2) is 5.97 Å². The van der Waals surface area contributed by atoms with E-state index in [1.807, 2.05) is 60.7 Å². The molecular formula is C20H15BrO3. The highest BCUT2D eigenvalue weighted by atomic mass is 79.9. The van der Waals surface area contributed by atoms with Gasteiger partial charge in [-0.05, 0) is 35.9 Å². The van der Waals surface area contributed by atoms with Crippen LogP contribution in [0, 0.1) is 0 Å². The topological polar surface area (TPSA) is 35.5 Å². The molecular weight excluding hydrogens is 368 g/mol. The average molecular weight is 383 g/mol. The first kappa shape index (κ1) is 16.3. The van der Waals surface area contributed by atoms with Gasteiger partial charge in [-0.2, -0.15) is 0 Å². The zero-order valence-electron chi connectivity index (χ0n) is 12.8. The molecule has 0 radical (unpaired) electrons. The lowest BCUT2D eigenvalue weighted by atomic mass is 10.2. The minimum atomic E-state index is -0.419. The lowest BCUT2D eigenvalue weighted by Crippen LogP contribution is -2.07. The Kier molecular flexibility index (Phi) is 5.29. The molecule has 0 amide bonds. The molecule has 0 heterocycles. The second kappa shape index (κ2) is 7.79. The van der Waals surface area contributed by atoms with Crippen molar-refractivity contribution >= 4 is 21.9 Å². The highest BCUT2D eigenvalue weighted by molar-refractivity contribution is 9.10. The molecule has 0 unspecified atom stereocenters. The molecule has 24 heavy (non-hydrogen) atoms. The van der Waals surface area contributed by atoms with E-state index in [2.05, 4.69) is 15.9 Å². The normalized spacial score (nSPS) is 10.2. The maximum Gasteiger partial charge on any atom is 0.342 e. The number of ether oxygens (including phenoxy) is 2. The van der Waals surface area contributed by atoms with Crippen molar-refractivity contribution < 1.29 is 14.3 Å². The molecule has 3 aromatic carbocycles. The number of benzene rings is 3. The summed E-state index contributed by atoms with van der Waals surface area (Å²) >= 11 is 3.40. The van der Waals surface area contributed by atoms with Gasteiger partial charge < -0.3 is 9.47 Å². The van der Waals surface area contributed by atoms with Crippen molar-refractivity contribution in [1.29, 1.82) is 0 Å². The van der Waals surface area contributed by atoms with Crippen LogP contribution in [0.2, 0.25) is 0 Å². The highest BCUT2D eigenvalue weighted by Gasteiger charge is 2.15. The number of carbonyl (C=O) groups is 1. The Morgan fingerprint density at radius 3 is 2.25 bits per heavy atom. The third-order valence-corrected chi connectivity index (χ3v) is 3.84. The maximum absolute atomic E-state index is 12.4. The van der Waals surface area contributed by atoms with Gasteiger partial charge in [0.05, 0.1) is 0 Å². The summed E-state index contributed by atoms with van der Waals surface area (Å²) in [4.78, 5) is 12.4. The first-order valence-corrected chi connectivity index (χ1v) is 8.25. The Balaban J connectivity index is 1.78. The molecule has 3 nitrogen and oxygen atoms in total. The quantitative estimate of drug-likeness (QED) is 0.538. The van der Waals surface area contributed by atoms with E-state index in [9.17, 15) is 4.79 Å². The van der Waals surface area contributed by atoms with Crippen LogP contribution in [0.15, 0.2) is 83.3 Å². The Morgan fingerprint density at radius 2 is 1.54 bits per heavy atom. The van der Waals surface area contributed by atoms with Crippen molar-refractivity contribution in [1.82, 2.24) is 0 Å². The first-order chi connectivity index (χ1) is 11.7. The summed E-state index contributed by atoms with van der Waals surface area (Å²) in [7, 11) is 0. The van der Waals surface area contributed by atoms with Gasteiger partial charge in [0.25, 0.3) is 0 Å². The van der Waals surface area contributed by atoms with Crippen LogP contribution < -0.4 is 4.74 Å². The summed E-state index contributed by atoms with van der Waals surface area (Å²) in [5.41, 5.74) is 1.33. The van der Waals surface area contributed by atoms with Crippen LogP contribution in [0.25, 0.3) is 0 Å². The first-order valence-electron chi connectivity index (χ1n) is 7.46. The van der Waals surface area contributed by atoms with Crippen LogP contribution >= 0.6 is 15.9 Å². The van der Waals surface area contributed by atoms with E-state index < -0.39 is 5.97 Å². The van der Waals surface area contributed by atoms with Gasteiger partial charge in [-0.3, -0.25) is 0 Å². The molecule has 0 aliphatic rings. The summed E-state index contributed by atoms with van der Waals surface area (Å²) in [6.07, 6.45) is 0. The molecule has 4 heteroatoms. The SMILES string of the molecule is O=C(OCc1ccccc1)c1ccc(Br)cc1Oc1ccccc1. The molecule has 0 aliphatic carbocycles. The van der Waals surface area contributed by atoms with Gasteiger partial charge in [-0.25, -0.2) is 4.79 Å². The lowest BCUT2D eigenvalue weighted by molar-refractivity contribution is 0.0470. The van der Waals surface area contributed by atoms with Crippen molar-refractivity contribution in [2.24, 2.45) is 0 Å². The van der Waals surface area contributed by atoms with Crippen LogP contribution in [0.3, 0.4) is 0 Å². The van der Waals surface area contributed by atoms with Gasteiger partial charge in [0, 0.05) is 4.47 Å². The number of esters is 1. The summed E-state index contributed by atoms with van der Waals surface area (Å²) in [5.74, 6) is 0.693. The number of para-hydroxylation sites is 1. The fourth-order valence-corrected chi connectivity index (χ4v) is 2.51. The molecule has 3 aromatic rings. The molecule has 0 spiro atoms. The van der Waals surface area contributed by atoms with Crippen molar-refractivity contribution in [3.8, 4) is 11.5 Å². The third kappa shape index (κ3) is 4.24. The largest absolute Gasteiger partial charge is 0.457 e. The molecule has 0 bridgehead atoms. The molecule has 0 fully saturated rings. The van der Waals surface area contributed by atoms with Gasteiger partial charge in [-0.1, -0.05) is 64.5 Å². The summed E-state index contributed by atoms with van der Waals surface area (Å²) in [5, 5.41) is 0. The fraction of sp³-hybridized carbons (Fsp3) is 0.0500. The molecule has 0 aliphatic heterocycles. The van der Waals surface area contributed by atoms with Crippen molar-refractivity contribution in [3.05, 3.63) is 94.5 Å². The predicted molar refractivity (Wildman–Crippen MR) is 96.2 cm³/mol. The molecule has 0 saturated carbocycles. The predicted octanol–water partition coefficient (Wildman–Crippen LogP) is 5.60. The number of hydrogen-bond donors (Lipinski definition) is 0. The van der Waals surface area contributed by atoms with Crippen LogP contribution in [0.1, 0.15) is 15.9 Å². The van der Waals surface area contributed by atoms with Gasteiger partial charge in [0.1, 0.15) is 23.7 Å². The van der Waals surface area contributed by atoms with Gasteiger partial charge >= 0.3 is 5.97 Å². The van der Waals surface area contributed by atoms with E-state index in [0.717, 1.165) is 10.0 Å².